The van der Waals surface area contributed by atoms with Gasteiger partial charge >= 0.3 is 18.0 Å². The van der Waals surface area contributed by atoms with Gasteiger partial charge in [0.15, 0.2) is 17.9 Å². The number of ether oxygens (including phenoxy) is 7. The van der Waals surface area contributed by atoms with Gasteiger partial charge in [0.05, 0.1) is 36.1 Å². The molecule has 0 radical (unpaired) electrons. The second-order valence-electron chi connectivity index (χ2n) is 20.5. The van der Waals surface area contributed by atoms with E-state index >= 15 is 0 Å². The summed E-state index contributed by atoms with van der Waals surface area (Å²) in [5.41, 5.74) is -2.07. The molecule has 5 rings (SSSR count). The van der Waals surface area contributed by atoms with Crippen molar-refractivity contribution in [1.82, 2.24) is 10.2 Å². The Morgan fingerprint density at radius 2 is 1.52 bits per heavy atom. The lowest BCUT2D eigenvalue weighted by atomic mass is 9.80. The summed E-state index contributed by atoms with van der Waals surface area (Å²) in [5, 5.41) is 4.55. The minimum atomic E-state index is -3.13. The second-order valence-corrected chi connectivity index (χ2v) is 24.7. The molecule has 0 spiro atoms. The van der Waals surface area contributed by atoms with E-state index in [1.807, 2.05) is 71.0 Å². The number of cyclic esters (lactones) is 2. The van der Waals surface area contributed by atoms with Crippen molar-refractivity contribution in [3.63, 3.8) is 0 Å². The maximum Gasteiger partial charge on any atom is 0.408 e. The molecule has 0 aliphatic carbocycles. The van der Waals surface area contributed by atoms with E-state index in [4.69, 9.17) is 37.6 Å². The first-order chi connectivity index (χ1) is 29.8. The molecule has 13 nitrogen and oxygen atoms in total. The third-order valence-corrected chi connectivity index (χ3v) is 18.7. The molecule has 3 unspecified atom stereocenters. The normalized spacial score (nSPS) is 27.9. The molecule has 1 N–H and O–H groups in total. The van der Waals surface area contributed by atoms with Crippen LogP contribution in [0.2, 0.25) is 5.04 Å². The molecule has 1 amide bonds. The number of benzene rings is 2. The average molecular weight is 909 g/mol. The van der Waals surface area contributed by atoms with Crippen LogP contribution < -0.4 is 15.7 Å². The minimum absolute atomic E-state index is 0.00133. The largest absolute Gasteiger partial charge is 0.464 e. The standard InChI is InChI=1S/C50H76N2O11Si/c1-17-39(63-64(47(7,8)9,36-24-20-18-21-25-36)37-26-22-19-23-27-37)50(13)41(51-46(55)62-50)44(54)57-30-31(2)29-49(12,56-16)42(34(5)40-35(6)43(53)61-48(10,11)60-40)59-45-33(4)38(52(14)15)28-32(3)58-45/h18-27,31-34,38-39,41-42,45H,17,28-30H2,1-16H3,(H,51,55)/t31-,32?,33?,34+,38?,39-,41-,42-,45+,49-,50-/m1/s1. The first-order valence-electron chi connectivity index (χ1n) is 22.9. The van der Waals surface area contributed by atoms with Crippen LogP contribution >= 0.6 is 0 Å². The Bertz CT molecular complexity index is 1920. The van der Waals surface area contributed by atoms with Gasteiger partial charge in [0, 0.05) is 38.8 Å². The van der Waals surface area contributed by atoms with Crippen LogP contribution in [0.15, 0.2) is 72.0 Å². The van der Waals surface area contributed by atoms with E-state index in [1.165, 1.54) is 0 Å². The van der Waals surface area contributed by atoms with Gasteiger partial charge in [-0.3, -0.25) is 0 Å². The van der Waals surface area contributed by atoms with E-state index in [-0.39, 0.29) is 35.6 Å². The topological polar surface area (TPSA) is 140 Å². The number of carbonyl (C=O) groups excluding carboxylic acids is 3. The number of hydrogen-bond acceptors (Lipinski definition) is 12. The van der Waals surface area contributed by atoms with Gasteiger partial charge in [0.25, 0.3) is 8.32 Å². The number of amides is 1. The third-order valence-electron chi connectivity index (χ3n) is 13.6. The highest BCUT2D eigenvalue weighted by molar-refractivity contribution is 6.99. The van der Waals surface area contributed by atoms with Crippen molar-refractivity contribution in [1.29, 1.82) is 0 Å². The predicted molar refractivity (Wildman–Crippen MR) is 248 cm³/mol. The molecule has 14 heteroatoms. The van der Waals surface area contributed by atoms with Crippen LogP contribution in [-0.4, -0.2) is 113 Å². The molecule has 356 valence electrons. The van der Waals surface area contributed by atoms with Crippen LogP contribution in [0.3, 0.4) is 0 Å². The van der Waals surface area contributed by atoms with Crippen LogP contribution in [0.5, 0.6) is 0 Å². The maximum absolute atomic E-state index is 14.4. The van der Waals surface area contributed by atoms with Crippen molar-refractivity contribution in [3.8, 4) is 0 Å². The van der Waals surface area contributed by atoms with Crippen molar-refractivity contribution in [3.05, 3.63) is 72.0 Å². The number of alkyl carbamates (subject to hydrolysis) is 1. The van der Waals surface area contributed by atoms with Crippen LogP contribution in [0, 0.1) is 17.8 Å². The molecular formula is C50H76N2O11Si. The zero-order chi connectivity index (χ0) is 47.6. The molecule has 2 aromatic rings. The Balaban J connectivity index is 1.42. The summed E-state index contributed by atoms with van der Waals surface area (Å²) in [7, 11) is 2.63. The Morgan fingerprint density at radius 3 is 2.03 bits per heavy atom. The third kappa shape index (κ3) is 10.6. The number of nitrogens with zero attached hydrogens (tertiary/aromatic N) is 1. The van der Waals surface area contributed by atoms with E-state index in [2.05, 4.69) is 76.3 Å². The molecule has 2 saturated heterocycles. The predicted octanol–water partition coefficient (Wildman–Crippen LogP) is 7.49. The SMILES string of the molecule is CC[C@@H](O[Si](c1ccccc1)(c1ccccc1)C(C)(C)C)[C@@]1(C)OC(=O)N[C@@H]1C(=O)OC[C@H](C)C[C@@](C)(OC)[C@H](O[C@@H]1OC(C)CC(N(C)C)C1C)[C@@H](C)C1=C(C)C(=O)OC(C)(C)O1. The molecule has 0 saturated carbocycles. The maximum atomic E-state index is 14.4. The summed E-state index contributed by atoms with van der Waals surface area (Å²) in [6, 6.07) is 19.5. The lowest BCUT2D eigenvalue weighted by Gasteiger charge is -2.48. The molecule has 11 atom stereocenters. The first-order valence-corrected chi connectivity index (χ1v) is 24.9. The van der Waals surface area contributed by atoms with E-state index in [0.717, 1.165) is 16.8 Å². The number of hydrogen-bond donors (Lipinski definition) is 1. The van der Waals surface area contributed by atoms with E-state index < -0.39 is 73.8 Å². The van der Waals surface area contributed by atoms with Gasteiger partial charge in [-0.25, -0.2) is 14.4 Å². The van der Waals surface area contributed by atoms with Crippen molar-refractivity contribution in [2.24, 2.45) is 17.8 Å². The number of methoxy groups -OCH3 is 1. The smallest absolute Gasteiger partial charge is 0.408 e. The van der Waals surface area contributed by atoms with E-state index in [0.29, 0.717) is 24.2 Å². The summed E-state index contributed by atoms with van der Waals surface area (Å²) in [6.45, 7) is 25.5. The molecule has 3 aliphatic heterocycles. The quantitative estimate of drug-likeness (QED) is 0.0901. The highest BCUT2D eigenvalue weighted by Crippen LogP contribution is 2.43. The Kier molecular flexibility index (Phi) is 16.0. The van der Waals surface area contributed by atoms with Crippen LogP contribution in [0.25, 0.3) is 0 Å². The minimum Gasteiger partial charge on any atom is -0.464 e. The fourth-order valence-corrected chi connectivity index (χ4v) is 15.1. The zero-order valence-corrected chi connectivity index (χ0v) is 42.2. The van der Waals surface area contributed by atoms with Gasteiger partial charge in [-0.1, -0.05) is 109 Å². The fourth-order valence-electron chi connectivity index (χ4n) is 10.2. The van der Waals surface area contributed by atoms with Crippen LogP contribution in [0.4, 0.5) is 4.79 Å². The lowest BCUT2D eigenvalue weighted by molar-refractivity contribution is -0.285. The number of esters is 2. The summed E-state index contributed by atoms with van der Waals surface area (Å²) in [5.74, 6) is -2.60. The Hall–Kier alpha value is -3.79. The second kappa shape index (κ2) is 20.0. The molecule has 2 fully saturated rings. The monoisotopic (exact) mass is 909 g/mol. The number of rotatable bonds is 18. The number of carbonyl (C=O) groups is 3. The van der Waals surface area contributed by atoms with Gasteiger partial charge in [0.2, 0.25) is 5.79 Å². The molecule has 3 heterocycles. The van der Waals surface area contributed by atoms with Gasteiger partial charge in [-0.2, -0.15) is 0 Å². The van der Waals surface area contributed by atoms with Crippen molar-refractivity contribution >= 4 is 36.7 Å². The Morgan fingerprint density at radius 1 is 0.938 bits per heavy atom. The zero-order valence-electron chi connectivity index (χ0n) is 41.2. The van der Waals surface area contributed by atoms with Gasteiger partial charge < -0.3 is 47.8 Å². The summed E-state index contributed by atoms with van der Waals surface area (Å²) < 4.78 is 51.6. The summed E-state index contributed by atoms with van der Waals surface area (Å²) in [4.78, 5) is 42.9. The molecule has 2 aromatic carbocycles. The van der Waals surface area contributed by atoms with Crippen molar-refractivity contribution < 1.29 is 52.0 Å². The van der Waals surface area contributed by atoms with Crippen molar-refractivity contribution in [2.75, 3.05) is 27.8 Å². The fraction of sp³-hybridized carbons (Fsp3) is 0.660. The highest BCUT2D eigenvalue weighted by Gasteiger charge is 2.60. The summed E-state index contributed by atoms with van der Waals surface area (Å²) >= 11 is 0. The molecular weight excluding hydrogens is 833 g/mol. The van der Waals surface area contributed by atoms with Gasteiger partial charge in [-0.05, 0) is 82.4 Å². The molecule has 3 aliphatic rings. The van der Waals surface area contributed by atoms with Crippen LogP contribution in [0.1, 0.15) is 109 Å². The van der Waals surface area contributed by atoms with E-state index in [9.17, 15) is 14.4 Å². The van der Waals surface area contributed by atoms with Crippen LogP contribution in [-0.2, 0) is 47.2 Å². The summed E-state index contributed by atoms with van der Waals surface area (Å²) in [6.07, 6.45) is -1.09. The number of nitrogens with one attached hydrogen (secondary N) is 1. The van der Waals surface area contributed by atoms with Gasteiger partial charge in [-0.15, -0.1) is 0 Å². The molecule has 64 heavy (non-hydrogen) atoms. The average Bonchev–Trinajstić information content (AvgIpc) is 3.55. The van der Waals surface area contributed by atoms with E-state index in [1.54, 1.807) is 34.8 Å². The lowest BCUT2D eigenvalue weighted by Crippen LogP contribution is -2.70. The Labute approximate surface area is 383 Å². The highest BCUT2D eigenvalue weighted by atomic mass is 28.4. The van der Waals surface area contributed by atoms with Gasteiger partial charge in [0.1, 0.15) is 5.76 Å². The first kappa shape index (κ1) is 51.2. The molecule has 0 bridgehead atoms. The molecule has 0 aromatic heterocycles. The van der Waals surface area contributed by atoms with Crippen molar-refractivity contribution in [2.45, 2.75) is 168 Å².